The molecule has 2 heterocycles. The van der Waals surface area contributed by atoms with Gasteiger partial charge in [0.05, 0.1) is 25.7 Å². The lowest BCUT2D eigenvalue weighted by molar-refractivity contribution is -0.133. The molecule has 0 spiro atoms. The minimum atomic E-state index is -0.0498. The second-order valence-electron chi connectivity index (χ2n) is 4.94. The molecule has 1 aliphatic rings. The van der Waals surface area contributed by atoms with Crippen LogP contribution in [0.2, 0.25) is 0 Å². The molecular weight excluding hydrogens is 266 g/mol. The zero-order valence-electron chi connectivity index (χ0n) is 11.6. The van der Waals surface area contributed by atoms with Crippen molar-refractivity contribution in [3.63, 3.8) is 0 Å². The molecule has 0 bridgehead atoms. The monoisotopic (exact) mass is 283 g/mol. The van der Waals surface area contributed by atoms with Gasteiger partial charge >= 0.3 is 0 Å². The minimum Gasteiger partial charge on any atom is -0.472 e. The predicted octanol–water partition coefficient (Wildman–Crippen LogP) is 2.89. The van der Waals surface area contributed by atoms with Crippen molar-refractivity contribution in [2.75, 3.05) is 19.7 Å². The first-order chi connectivity index (χ1) is 10.3. The number of morpholine rings is 1. The van der Waals surface area contributed by atoms with Crippen LogP contribution in [0.25, 0.3) is 6.08 Å². The van der Waals surface area contributed by atoms with Gasteiger partial charge in [-0.1, -0.05) is 30.3 Å². The van der Waals surface area contributed by atoms with Crippen LogP contribution in [0.15, 0.2) is 59.4 Å². The normalized spacial score (nSPS) is 19.0. The number of furan rings is 1. The number of hydrogen-bond acceptors (Lipinski definition) is 3. The molecule has 1 aromatic heterocycles. The molecule has 0 radical (unpaired) electrons. The van der Waals surface area contributed by atoms with Crippen molar-refractivity contribution < 1.29 is 13.9 Å². The van der Waals surface area contributed by atoms with E-state index < -0.39 is 0 Å². The molecule has 21 heavy (non-hydrogen) atoms. The van der Waals surface area contributed by atoms with Gasteiger partial charge in [-0.25, -0.2) is 0 Å². The van der Waals surface area contributed by atoms with E-state index in [-0.39, 0.29) is 12.0 Å². The van der Waals surface area contributed by atoms with Gasteiger partial charge in [-0.3, -0.25) is 4.79 Å². The zero-order chi connectivity index (χ0) is 14.5. The summed E-state index contributed by atoms with van der Waals surface area (Å²) in [4.78, 5) is 14.0. The van der Waals surface area contributed by atoms with Crippen LogP contribution >= 0.6 is 0 Å². The Morgan fingerprint density at radius 3 is 2.86 bits per heavy atom. The van der Waals surface area contributed by atoms with Crippen LogP contribution in [0.4, 0.5) is 0 Å². The van der Waals surface area contributed by atoms with E-state index in [1.54, 1.807) is 24.7 Å². The highest BCUT2D eigenvalue weighted by atomic mass is 16.5. The molecule has 0 saturated carbocycles. The Labute approximate surface area is 123 Å². The Kier molecular flexibility index (Phi) is 4.17. The van der Waals surface area contributed by atoms with Crippen molar-refractivity contribution in [1.82, 2.24) is 4.90 Å². The average molecular weight is 283 g/mol. The number of carbonyl (C=O) groups excluding carboxylic acids is 1. The summed E-state index contributed by atoms with van der Waals surface area (Å²) in [6, 6.07) is 11.8. The van der Waals surface area contributed by atoms with Crippen molar-refractivity contribution >= 4 is 12.0 Å². The number of rotatable bonds is 3. The van der Waals surface area contributed by atoms with Crippen molar-refractivity contribution in [3.8, 4) is 0 Å². The van der Waals surface area contributed by atoms with Crippen LogP contribution in [0, 0.1) is 0 Å². The molecule has 4 heteroatoms. The number of nitrogens with zero attached hydrogens (tertiary/aromatic N) is 1. The van der Waals surface area contributed by atoms with Gasteiger partial charge in [-0.2, -0.15) is 0 Å². The minimum absolute atomic E-state index is 0.000399. The van der Waals surface area contributed by atoms with Crippen LogP contribution < -0.4 is 0 Å². The maximum absolute atomic E-state index is 12.2. The Hall–Kier alpha value is -2.33. The molecule has 1 atom stereocenters. The number of hydrogen-bond donors (Lipinski definition) is 0. The second-order valence-corrected chi connectivity index (χ2v) is 4.94. The summed E-state index contributed by atoms with van der Waals surface area (Å²) in [7, 11) is 0. The lowest BCUT2D eigenvalue weighted by atomic mass is 10.1. The molecule has 1 unspecified atom stereocenters. The Morgan fingerprint density at radius 1 is 1.24 bits per heavy atom. The fourth-order valence-electron chi connectivity index (χ4n) is 2.36. The SMILES string of the molecule is O=C(/C=C/c1ccoc1)N1CCOC(c2ccccc2)C1. The Bertz CT molecular complexity index is 604. The predicted molar refractivity (Wildman–Crippen MR) is 79.5 cm³/mol. The van der Waals surface area contributed by atoms with Crippen molar-refractivity contribution in [1.29, 1.82) is 0 Å². The average Bonchev–Trinajstić information content (AvgIpc) is 3.07. The van der Waals surface area contributed by atoms with Crippen LogP contribution in [0.1, 0.15) is 17.2 Å². The quantitative estimate of drug-likeness (QED) is 0.813. The van der Waals surface area contributed by atoms with Gasteiger partial charge in [0.2, 0.25) is 5.91 Å². The molecule has 0 aliphatic carbocycles. The van der Waals surface area contributed by atoms with Gasteiger partial charge in [-0.15, -0.1) is 0 Å². The third-order valence-corrected chi connectivity index (χ3v) is 3.51. The molecule has 1 aromatic carbocycles. The van der Waals surface area contributed by atoms with Crippen molar-refractivity contribution in [2.45, 2.75) is 6.10 Å². The van der Waals surface area contributed by atoms with Gasteiger partial charge in [0.25, 0.3) is 0 Å². The summed E-state index contributed by atoms with van der Waals surface area (Å²) < 4.78 is 10.7. The lowest BCUT2D eigenvalue weighted by Crippen LogP contribution is -2.41. The molecule has 1 saturated heterocycles. The molecule has 4 nitrogen and oxygen atoms in total. The van der Waals surface area contributed by atoms with E-state index in [9.17, 15) is 4.79 Å². The molecule has 1 aliphatic heterocycles. The highest BCUT2D eigenvalue weighted by Crippen LogP contribution is 2.22. The third kappa shape index (κ3) is 3.41. The van der Waals surface area contributed by atoms with Gasteiger partial charge < -0.3 is 14.1 Å². The summed E-state index contributed by atoms with van der Waals surface area (Å²) in [5.74, 6) is 0.000399. The maximum Gasteiger partial charge on any atom is 0.246 e. The van der Waals surface area contributed by atoms with Gasteiger partial charge in [0.15, 0.2) is 0 Å². The maximum atomic E-state index is 12.2. The molecule has 108 valence electrons. The molecule has 3 rings (SSSR count). The molecule has 1 fully saturated rings. The third-order valence-electron chi connectivity index (χ3n) is 3.51. The summed E-state index contributed by atoms with van der Waals surface area (Å²) in [5, 5.41) is 0. The van der Waals surface area contributed by atoms with E-state index in [1.807, 2.05) is 41.3 Å². The fourth-order valence-corrected chi connectivity index (χ4v) is 2.36. The standard InChI is InChI=1S/C17H17NO3/c19-17(7-6-14-8-10-20-13-14)18-9-11-21-16(12-18)15-4-2-1-3-5-15/h1-8,10,13,16H,9,11-12H2/b7-6+. The summed E-state index contributed by atoms with van der Waals surface area (Å²) in [5.41, 5.74) is 1.99. The van der Waals surface area contributed by atoms with Crippen LogP contribution in [-0.4, -0.2) is 30.5 Å². The smallest absolute Gasteiger partial charge is 0.246 e. The fraction of sp³-hybridized carbons (Fsp3) is 0.235. The van der Waals surface area contributed by atoms with Crippen molar-refractivity contribution in [3.05, 3.63) is 66.1 Å². The van der Waals surface area contributed by atoms with E-state index in [4.69, 9.17) is 9.15 Å². The number of ether oxygens (including phenoxy) is 1. The molecular formula is C17H17NO3. The number of amides is 1. The first-order valence-corrected chi connectivity index (χ1v) is 6.98. The Balaban J connectivity index is 1.64. The van der Waals surface area contributed by atoms with E-state index in [0.29, 0.717) is 19.7 Å². The number of benzene rings is 1. The number of carbonyl (C=O) groups is 1. The summed E-state index contributed by atoms with van der Waals surface area (Å²) >= 11 is 0. The van der Waals surface area contributed by atoms with Crippen LogP contribution in [0.3, 0.4) is 0 Å². The highest BCUT2D eigenvalue weighted by molar-refractivity contribution is 5.91. The van der Waals surface area contributed by atoms with Crippen molar-refractivity contribution in [2.24, 2.45) is 0 Å². The van der Waals surface area contributed by atoms with Gasteiger partial charge in [0.1, 0.15) is 6.10 Å². The zero-order valence-corrected chi connectivity index (χ0v) is 11.6. The van der Waals surface area contributed by atoms with E-state index in [1.165, 1.54) is 0 Å². The first kappa shape index (κ1) is 13.6. The lowest BCUT2D eigenvalue weighted by Gasteiger charge is -2.32. The van der Waals surface area contributed by atoms with E-state index in [0.717, 1.165) is 11.1 Å². The largest absolute Gasteiger partial charge is 0.472 e. The summed E-state index contributed by atoms with van der Waals surface area (Å²) in [6.45, 7) is 1.77. The van der Waals surface area contributed by atoms with Crippen LogP contribution in [0.5, 0.6) is 0 Å². The molecule has 2 aromatic rings. The highest BCUT2D eigenvalue weighted by Gasteiger charge is 2.23. The topological polar surface area (TPSA) is 42.7 Å². The first-order valence-electron chi connectivity index (χ1n) is 6.98. The molecule has 1 amide bonds. The second kappa shape index (κ2) is 6.41. The molecule has 0 N–H and O–H groups in total. The van der Waals surface area contributed by atoms with E-state index >= 15 is 0 Å². The Morgan fingerprint density at radius 2 is 2.10 bits per heavy atom. The van der Waals surface area contributed by atoms with Gasteiger partial charge in [0, 0.05) is 18.2 Å². The summed E-state index contributed by atoms with van der Waals surface area (Å²) in [6.07, 6.45) is 6.49. The van der Waals surface area contributed by atoms with Crippen LogP contribution in [-0.2, 0) is 9.53 Å². The van der Waals surface area contributed by atoms with E-state index in [2.05, 4.69) is 0 Å². The van der Waals surface area contributed by atoms with Gasteiger partial charge in [-0.05, 0) is 17.7 Å².